The molecule has 2 N–H and O–H groups in total. The molecule has 52 heavy (non-hydrogen) atoms. The Labute approximate surface area is 312 Å². The van der Waals surface area contributed by atoms with E-state index in [4.69, 9.17) is 42.1 Å². The number of hydrogen-bond acceptors (Lipinski definition) is 9. The van der Waals surface area contributed by atoms with Crippen LogP contribution in [0.5, 0.6) is 5.75 Å². The van der Waals surface area contributed by atoms with E-state index in [-0.39, 0.29) is 43.6 Å². The number of carbonyl (C=O) groups excluding carboxylic acids is 3. The largest absolute Gasteiger partial charge is 0.511 e. The van der Waals surface area contributed by atoms with Gasteiger partial charge in [0.1, 0.15) is 17.4 Å². The number of nitrogens with zero attached hydrogens (tertiary/aromatic N) is 1. The average Bonchev–Trinajstić information content (AvgIpc) is 3.34. The molecule has 280 valence electrons. The Bertz CT molecular complexity index is 1830. The Kier molecular flexibility index (Phi) is 12.9. The van der Waals surface area contributed by atoms with Gasteiger partial charge in [0.05, 0.1) is 40.9 Å². The van der Waals surface area contributed by atoms with E-state index in [1.807, 2.05) is 20.8 Å². The zero-order valence-corrected chi connectivity index (χ0v) is 31.7. The maximum atomic E-state index is 16.2. The van der Waals surface area contributed by atoms with Gasteiger partial charge >= 0.3 is 12.1 Å². The number of benzene rings is 3. The van der Waals surface area contributed by atoms with Gasteiger partial charge < -0.3 is 29.6 Å². The molecule has 5 atom stereocenters. The van der Waals surface area contributed by atoms with Crippen molar-refractivity contribution in [3.8, 4) is 5.75 Å². The van der Waals surface area contributed by atoms with Crippen LogP contribution in [-0.4, -0.2) is 62.9 Å². The average molecular weight is 763 g/mol. The number of aliphatic imine (C=N–C) groups is 1. The van der Waals surface area contributed by atoms with Gasteiger partial charge in [0.25, 0.3) is 0 Å². The molecule has 1 amide bonds. The lowest BCUT2D eigenvalue weighted by molar-refractivity contribution is -0.118. The molecule has 0 aliphatic carbocycles. The van der Waals surface area contributed by atoms with E-state index in [1.54, 1.807) is 32.2 Å². The van der Waals surface area contributed by atoms with Crippen molar-refractivity contribution in [3.05, 3.63) is 93.0 Å². The van der Waals surface area contributed by atoms with Crippen molar-refractivity contribution in [2.75, 3.05) is 19.5 Å². The van der Waals surface area contributed by atoms with Gasteiger partial charge in [0.15, 0.2) is 0 Å². The van der Waals surface area contributed by atoms with Crippen LogP contribution in [0.3, 0.4) is 0 Å². The predicted molar refractivity (Wildman–Crippen MR) is 196 cm³/mol. The van der Waals surface area contributed by atoms with Gasteiger partial charge in [-0.05, 0) is 67.6 Å². The number of rotatable bonds is 11. The summed E-state index contributed by atoms with van der Waals surface area (Å²) < 4.78 is 52.9. The molecular weight excluding hydrogens is 719 g/mol. The Morgan fingerprint density at radius 2 is 1.73 bits per heavy atom. The molecule has 2 unspecified atom stereocenters. The lowest BCUT2D eigenvalue weighted by Gasteiger charge is -2.40. The van der Waals surface area contributed by atoms with Crippen LogP contribution in [0.15, 0.2) is 59.6 Å². The molecule has 14 heteroatoms. The third kappa shape index (κ3) is 9.02. The van der Waals surface area contributed by atoms with Crippen molar-refractivity contribution >= 4 is 53.1 Å². The highest BCUT2D eigenvalue weighted by Gasteiger charge is 2.59. The Morgan fingerprint density at radius 1 is 1.02 bits per heavy atom. The van der Waals surface area contributed by atoms with Crippen molar-refractivity contribution in [1.29, 1.82) is 0 Å². The normalized spacial score (nSPS) is 20.8. The van der Waals surface area contributed by atoms with Crippen molar-refractivity contribution in [3.63, 3.8) is 0 Å². The summed E-state index contributed by atoms with van der Waals surface area (Å²) in [4.78, 5) is 43.5. The van der Waals surface area contributed by atoms with E-state index in [0.717, 1.165) is 0 Å². The standard InChI is InChI=1S/C38H43Cl2F2N3O7/c1-20(2)50-36(48)52-21(3)51-35(47)22-12-15-28(29(16-22)49-8)44-34(46)33-31(24-10-9-11-26(40)32(24)42)38(19-43-7,30(45-33)18-37(4,5)6)25-14-13-23(39)17-27(25)41/h9-17,19-21,30-31,33,45H,18H2,1-8H3,(H,44,46)/t21?,30-,31?,33+,38-/m0/s1. The van der Waals surface area contributed by atoms with Crippen molar-refractivity contribution < 1.29 is 42.1 Å². The Balaban J connectivity index is 1.78. The van der Waals surface area contributed by atoms with E-state index >= 15 is 8.78 Å². The number of halogens is 4. The molecule has 1 heterocycles. The number of anilines is 1. The molecule has 1 saturated heterocycles. The number of esters is 1. The van der Waals surface area contributed by atoms with Crippen LogP contribution in [0.2, 0.25) is 10.0 Å². The minimum atomic E-state index is -1.41. The lowest BCUT2D eigenvalue weighted by atomic mass is 9.62. The van der Waals surface area contributed by atoms with Crippen LogP contribution in [0.1, 0.15) is 75.4 Å². The van der Waals surface area contributed by atoms with E-state index in [2.05, 4.69) is 15.6 Å². The van der Waals surface area contributed by atoms with E-state index in [0.29, 0.717) is 6.42 Å². The first-order valence-electron chi connectivity index (χ1n) is 16.6. The number of nitrogens with one attached hydrogen (secondary N) is 2. The minimum absolute atomic E-state index is 0.0296. The van der Waals surface area contributed by atoms with E-state index < -0.39 is 65.5 Å². The Hall–Kier alpha value is -4.26. The maximum absolute atomic E-state index is 16.2. The molecule has 0 saturated carbocycles. The van der Waals surface area contributed by atoms with Gasteiger partial charge in [-0.2, -0.15) is 0 Å². The van der Waals surface area contributed by atoms with Crippen LogP contribution in [0, 0.1) is 17.0 Å². The third-order valence-corrected chi connectivity index (χ3v) is 9.05. The summed E-state index contributed by atoms with van der Waals surface area (Å²) in [6.45, 7) is 10.6. The highest BCUT2D eigenvalue weighted by Crippen LogP contribution is 2.52. The number of carbonyl (C=O) groups is 3. The molecule has 0 radical (unpaired) electrons. The van der Waals surface area contributed by atoms with Gasteiger partial charge in [0.2, 0.25) is 12.2 Å². The monoisotopic (exact) mass is 761 g/mol. The second kappa shape index (κ2) is 16.6. The SMILES string of the molecule is CN=C[C@@]1(c2ccc(Cl)cc2F)C(c2cccc(Cl)c2F)[C@H](C(=O)Nc2ccc(C(=O)OC(C)OC(=O)OC(C)C)cc2OC)N[C@H]1CC(C)(C)C. The van der Waals surface area contributed by atoms with Gasteiger partial charge in [-0.25, -0.2) is 18.4 Å². The molecule has 1 aliphatic heterocycles. The molecule has 0 aromatic heterocycles. The fourth-order valence-corrected chi connectivity index (χ4v) is 6.93. The zero-order valence-electron chi connectivity index (χ0n) is 30.2. The summed E-state index contributed by atoms with van der Waals surface area (Å²) >= 11 is 12.5. The molecule has 1 aliphatic rings. The second-order valence-electron chi connectivity index (χ2n) is 13.9. The molecule has 0 bridgehead atoms. The van der Waals surface area contributed by atoms with Gasteiger partial charge in [-0.3, -0.25) is 9.79 Å². The van der Waals surface area contributed by atoms with E-state index in [1.165, 1.54) is 63.5 Å². The molecule has 1 fully saturated rings. The first kappa shape index (κ1) is 40.5. The minimum Gasteiger partial charge on any atom is -0.495 e. The predicted octanol–water partition coefficient (Wildman–Crippen LogP) is 8.48. The van der Waals surface area contributed by atoms with Crippen molar-refractivity contribution in [1.82, 2.24) is 5.32 Å². The van der Waals surface area contributed by atoms with Crippen LogP contribution in [0.4, 0.5) is 19.3 Å². The van der Waals surface area contributed by atoms with Crippen LogP contribution < -0.4 is 15.4 Å². The Morgan fingerprint density at radius 3 is 2.35 bits per heavy atom. The smallest absolute Gasteiger partial charge is 0.495 e. The fourth-order valence-electron chi connectivity index (χ4n) is 6.59. The van der Waals surface area contributed by atoms with Gasteiger partial charge in [-0.1, -0.05) is 62.2 Å². The van der Waals surface area contributed by atoms with Gasteiger partial charge in [0, 0.05) is 42.7 Å². The molecule has 10 nitrogen and oxygen atoms in total. The summed E-state index contributed by atoms with van der Waals surface area (Å²) in [5, 5.41) is 6.26. The summed E-state index contributed by atoms with van der Waals surface area (Å²) in [6, 6.07) is 11.1. The lowest BCUT2D eigenvalue weighted by Crippen LogP contribution is -2.47. The van der Waals surface area contributed by atoms with Crippen molar-refractivity contribution in [2.24, 2.45) is 10.4 Å². The second-order valence-corrected chi connectivity index (χ2v) is 14.8. The number of ether oxygens (including phenoxy) is 4. The zero-order chi connectivity index (χ0) is 38.5. The number of amides is 1. The van der Waals surface area contributed by atoms with Crippen LogP contribution in [0.25, 0.3) is 0 Å². The first-order valence-corrected chi connectivity index (χ1v) is 17.3. The maximum Gasteiger partial charge on any atom is 0.511 e. The summed E-state index contributed by atoms with van der Waals surface area (Å²) in [5.74, 6) is -3.85. The highest BCUT2D eigenvalue weighted by atomic mass is 35.5. The highest BCUT2D eigenvalue weighted by molar-refractivity contribution is 6.31. The van der Waals surface area contributed by atoms with Crippen LogP contribution >= 0.6 is 23.2 Å². The summed E-state index contributed by atoms with van der Waals surface area (Å²) in [5.41, 5.74) is -1.32. The quantitative estimate of drug-likeness (QED) is 0.113. The molecular formula is C38H43Cl2F2N3O7. The fraction of sp³-hybridized carbons (Fsp3) is 0.421. The third-order valence-electron chi connectivity index (χ3n) is 8.52. The van der Waals surface area contributed by atoms with Gasteiger partial charge in [-0.15, -0.1) is 0 Å². The molecule has 3 aromatic carbocycles. The molecule has 0 spiro atoms. The summed E-state index contributed by atoms with van der Waals surface area (Å²) in [7, 11) is 2.88. The number of hydrogen-bond donors (Lipinski definition) is 2. The van der Waals surface area contributed by atoms with E-state index in [9.17, 15) is 14.4 Å². The number of methoxy groups -OCH3 is 1. The first-order chi connectivity index (χ1) is 24.4. The summed E-state index contributed by atoms with van der Waals surface area (Å²) in [6.07, 6.45) is -0.711. The van der Waals surface area contributed by atoms with Crippen LogP contribution in [-0.2, 0) is 24.4 Å². The molecule has 3 aromatic rings. The van der Waals surface area contributed by atoms with Crippen molar-refractivity contribution in [2.45, 2.75) is 83.8 Å². The topological polar surface area (TPSA) is 125 Å². The molecule has 4 rings (SSSR count).